The van der Waals surface area contributed by atoms with Gasteiger partial charge < -0.3 is 19.4 Å². The van der Waals surface area contributed by atoms with Gasteiger partial charge in [0.1, 0.15) is 0 Å². The van der Waals surface area contributed by atoms with E-state index in [0.29, 0.717) is 12.2 Å². The van der Waals surface area contributed by atoms with E-state index in [2.05, 4.69) is 5.32 Å². The van der Waals surface area contributed by atoms with E-state index < -0.39 is 11.9 Å². The average molecular weight is 406 g/mol. The van der Waals surface area contributed by atoms with Crippen LogP contribution in [-0.4, -0.2) is 30.9 Å². The third-order valence-corrected chi connectivity index (χ3v) is 4.27. The fourth-order valence-electron chi connectivity index (χ4n) is 2.76. The predicted octanol–water partition coefficient (Wildman–Crippen LogP) is 3.18. The quantitative estimate of drug-likeness (QED) is 0.552. The summed E-state index contributed by atoms with van der Waals surface area (Å²) in [4.78, 5) is 38.0. The first-order valence-electron chi connectivity index (χ1n) is 9.50. The summed E-state index contributed by atoms with van der Waals surface area (Å²) in [5.41, 5.74) is 1.68. The molecule has 1 N–H and O–H groups in total. The smallest absolute Gasteiger partial charge is 0.308 e. The minimum absolute atomic E-state index is 0.0518. The average Bonchev–Trinajstić information content (AvgIpc) is 3.32. The van der Waals surface area contributed by atoms with Crippen molar-refractivity contribution in [3.63, 3.8) is 0 Å². The van der Waals surface area contributed by atoms with Crippen LogP contribution in [0, 0.1) is 0 Å². The number of rotatable bonds is 9. The summed E-state index contributed by atoms with van der Waals surface area (Å²) in [5.74, 6) is -1.16. The van der Waals surface area contributed by atoms with E-state index in [-0.39, 0.29) is 31.2 Å². The molecule has 30 heavy (non-hydrogen) atoms. The molecule has 0 atom stereocenters. The van der Waals surface area contributed by atoms with Crippen LogP contribution in [0.25, 0.3) is 0 Å². The Morgan fingerprint density at radius 2 is 1.60 bits per heavy atom. The second kappa shape index (κ2) is 10.6. The molecule has 3 aromatic rings. The largest absolute Gasteiger partial charge is 0.459 e. The number of ether oxygens (including phenoxy) is 1. The molecule has 0 aliphatic carbocycles. The fraction of sp³-hybridized carbons (Fsp3) is 0.174. The van der Waals surface area contributed by atoms with Gasteiger partial charge in [-0.15, -0.1) is 0 Å². The van der Waals surface area contributed by atoms with Crippen LogP contribution in [0.2, 0.25) is 0 Å². The molecule has 1 aromatic heterocycles. The van der Waals surface area contributed by atoms with Crippen LogP contribution in [-0.2, 0) is 20.9 Å². The summed E-state index contributed by atoms with van der Waals surface area (Å²) in [6, 6.07) is 21.9. The van der Waals surface area contributed by atoms with Crippen LogP contribution < -0.4 is 10.2 Å². The molecule has 7 heteroatoms. The molecule has 1 heterocycles. The molecule has 3 rings (SSSR count). The van der Waals surface area contributed by atoms with Gasteiger partial charge in [0.2, 0.25) is 0 Å². The highest BCUT2D eigenvalue weighted by Crippen LogP contribution is 2.17. The van der Waals surface area contributed by atoms with E-state index in [1.165, 1.54) is 12.3 Å². The Kier molecular flexibility index (Phi) is 7.38. The molecular weight excluding hydrogens is 384 g/mol. The number of anilines is 1. The molecule has 0 spiro atoms. The first-order valence-corrected chi connectivity index (χ1v) is 9.50. The summed E-state index contributed by atoms with van der Waals surface area (Å²) in [6.45, 7) is 0.0616. The van der Waals surface area contributed by atoms with Crippen LogP contribution >= 0.6 is 0 Å². The third kappa shape index (κ3) is 6.07. The van der Waals surface area contributed by atoms with Crippen molar-refractivity contribution in [1.29, 1.82) is 0 Å². The van der Waals surface area contributed by atoms with Crippen LogP contribution in [0.4, 0.5) is 5.69 Å². The highest BCUT2D eigenvalue weighted by molar-refractivity contribution is 5.95. The number of para-hydroxylation sites is 1. The Morgan fingerprint density at radius 1 is 0.900 bits per heavy atom. The van der Waals surface area contributed by atoms with Gasteiger partial charge in [-0.2, -0.15) is 0 Å². The Bertz CT molecular complexity index is 956. The molecule has 0 radical (unpaired) electrons. The summed E-state index contributed by atoms with van der Waals surface area (Å²) < 4.78 is 10.1. The Balaban J connectivity index is 1.51. The molecule has 2 amide bonds. The maximum absolute atomic E-state index is 12.8. The molecule has 0 aliphatic rings. The van der Waals surface area contributed by atoms with Crippen molar-refractivity contribution in [2.24, 2.45) is 0 Å². The lowest BCUT2D eigenvalue weighted by Crippen LogP contribution is -2.34. The highest BCUT2D eigenvalue weighted by Gasteiger charge is 2.18. The molecular formula is C23H22N2O5. The zero-order valence-electron chi connectivity index (χ0n) is 16.3. The lowest BCUT2D eigenvalue weighted by molar-refractivity contribution is -0.147. The Morgan fingerprint density at radius 3 is 2.27 bits per heavy atom. The summed E-state index contributed by atoms with van der Waals surface area (Å²) in [7, 11) is 0. The molecule has 0 aliphatic heterocycles. The molecule has 0 saturated heterocycles. The van der Waals surface area contributed by atoms with Crippen LogP contribution in [0.3, 0.4) is 0 Å². The van der Waals surface area contributed by atoms with Gasteiger partial charge in [0.25, 0.3) is 11.8 Å². The van der Waals surface area contributed by atoms with Crippen molar-refractivity contribution in [3.05, 3.63) is 90.4 Å². The highest BCUT2D eigenvalue weighted by atomic mass is 16.5. The van der Waals surface area contributed by atoms with Gasteiger partial charge in [0.05, 0.1) is 19.2 Å². The van der Waals surface area contributed by atoms with Gasteiger partial charge in [-0.3, -0.25) is 14.4 Å². The third-order valence-electron chi connectivity index (χ3n) is 4.27. The zero-order valence-corrected chi connectivity index (χ0v) is 16.3. The molecule has 0 bridgehead atoms. The normalized spacial score (nSPS) is 10.3. The van der Waals surface area contributed by atoms with Gasteiger partial charge in [-0.05, 0) is 29.8 Å². The van der Waals surface area contributed by atoms with Crippen molar-refractivity contribution >= 4 is 23.5 Å². The predicted molar refractivity (Wildman–Crippen MR) is 111 cm³/mol. The van der Waals surface area contributed by atoms with E-state index >= 15 is 0 Å². The van der Waals surface area contributed by atoms with Gasteiger partial charge >= 0.3 is 5.97 Å². The SMILES string of the molecule is O=C(CCNC(=O)c1ccco1)OCC(=O)N(Cc1ccccc1)c1ccccc1. The van der Waals surface area contributed by atoms with Crippen LogP contribution in [0.1, 0.15) is 22.5 Å². The standard InChI is InChI=1S/C23H22N2O5/c26-21(17-30-22(27)13-14-24-23(28)20-12-7-15-29-20)25(19-10-5-2-6-11-19)16-18-8-3-1-4-9-18/h1-12,15H,13-14,16-17H2,(H,24,28). The summed E-state index contributed by atoms with van der Waals surface area (Å²) in [6.07, 6.45) is 1.34. The van der Waals surface area contributed by atoms with Gasteiger partial charge in [-0.1, -0.05) is 48.5 Å². The van der Waals surface area contributed by atoms with Crippen molar-refractivity contribution in [2.45, 2.75) is 13.0 Å². The Labute approximate surface area is 174 Å². The monoisotopic (exact) mass is 406 g/mol. The molecule has 0 fully saturated rings. The lowest BCUT2D eigenvalue weighted by Gasteiger charge is -2.23. The van der Waals surface area contributed by atoms with Crippen molar-refractivity contribution in [1.82, 2.24) is 5.32 Å². The first kappa shape index (κ1) is 20.9. The fourth-order valence-corrected chi connectivity index (χ4v) is 2.76. The molecule has 0 saturated carbocycles. The summed E-state index contributed by atoms with van der Waals surface area (Å²) in [5, 5.41) is 2.56. The van der Waals surface area contributed by atoms with Gasteiger partial charge in [0, 0.05) is 12.2 Å². The lowest BCUT2D eigenvalue weighted by atomic mass is 10.2. The van der Waals surface area contributed by atoms with E-state index in [1.807, 2.05) is 60.7 Å². The van der Waals surface area contributed by atoms with Gasteiger partial charge in [0.15, 0.2) is 12.4 Å². The van der Waals surface area contributed by atoms with Gasteiger partial charge in [-0.25, -0.2) is 0 Å². The topological polar surface area (TPSA) is 88.9 Å². The number of carbonyl (C=O) groups excluding carboxylic acids is 3. The summed E-state index contributed by atoms with van der Waals surface area (Å²) >= 11 is 0. The number of benzene rings is 2. The van der Waals surface area contributed by atoms with E-state index in [4.69, 9.17) is 9.15 Å². The minimum Gasteiger partial charge on any atom is -0.459 e. The number of amides is 2. The van der Waals surface area contributed by atoms with E-state index in [1.54, 1.807) is 11.0 Å². The number of carbonyl (C=O) groups is 3. The van der Waals surface area contributed by atoms with Crippen LogP contribution in [0.15, 0.2) is 83.5 Å². The van der Waals surface area contributed by atoms with Crippen molar-refractivity contribution in [3.8, 4) is 0 Å². The molecule has 7 nitrogen and oxygen atoms in total. The number of nitrogens with zero attached hydrogens (tertiary/aromatic N) is 1. The second-order valence-electron chi connectivity index (χ2n) is 6.44. The maximum Gasteiger partial charge on any atom is 0.308 e. The minimum atomic E-state index is -0.573. The van der Waals surface area contributed by atoms with E-state index in [0.717, 1.165) is 5.56 Å². The molecule has 2 aromatic carbocycles. The number of hydrogen-bond donors (Lipinski definition) is 1. The number of nitrogens with one attached hydrogen (secondary N) is 1. The molecule has 154 valence electrons. The van der Waals surface area contributed by atoms with Crippen molar-refractivity contribution in [2.75, 3.05) is 18.1 Å². The first-order chi connectivity index (χ1) is 14.6. The van der Waals surface area contributed by atoms with Crippen molar-refractivity contribution < 1.29 is 23.5 Å². The second-order valence-corrected chi connectivity index (χ2v) is 6.44. The van der Waals surface area contributed by atoms with Crippen LogP contribution in [0.5, 0.6) is 0 Å². The van der Waals surface area contributed by atoms with E-state index in [9.17, 15) is 14.4 Å². The number of esters is 1. The Hall–Kier alpha value is -3.87. The maximum atomic E-state index is 12.8. The number of furan rings is 1. The molecule has 0 unspecified atom stereocenters. The number of hydrogen-bond acceptors (Lipinski definition) is 5. The zero-order chi connectivity index (χ0) is 21.2.